The summed E-state index contributed by atoms with van der Waals surface area (Å²) in [5, 5.41) is 7.82. The van der Waals surface area contributed by atoms with Crippen molar-refractivity contribution in [3.05, 3.63) is 40.7 Å². The van der Waals surface area contributed by atoms with Gasteiger partial charge in [0.2, 0.25) is 0 Å². The number of rotatable bonds is 3. The lowest BCUT2D eigenvalue weighted by Gasteiger charge is -2.34. The standard InChI is InChI=1S/C20H24ClN5O3/c1-29-18-6-5-14(21)12-16(18)22-20(28)25-10-8-24(9-11-25)19(27)17-13-15-4-2-3-7-26(15)23-17/h5-6,12-13H,2-4,7-11H2,1H3,(H,22,28). The highest BCUT2D eigenvalue weighted by molar-refractivity contribution is 6.31. The van der Waals surface area contributed by atoms with E-state index in [0.717, 1.165) is 31.5 Å². The van der Waals surface area contributed by atoms with Gasteiger partial charge in [-0.15, -0.1) is 0 Å². The molecule has 1 aromatic heterocycles. The first-order valence-electron chi connectivity index (χ1n) is 9.80. The van der Waals surface area contributed by atoms with Crippen LogP contribution in [-0.4, -0.2) is 64.8 Å². The number of ether oxygens (including phenoxy) is 1. The van der Waals surface area contributed by atoms with Crippen LogP contribution in [0.15, 0.2) is 24.3 Å². The summed E-state index contributed by atoms with van der Waals surface area (Å²) < 4.78 is 7.21. The number of aryl methyl sites for hydroxylation is 2. The second-order valence-corrected chi connectivity index (χ2v) is 7.69. The predicted octanol–water partition coefficient (Wildman–Crippen LogP) is 2.87. The third kappa shape index (κ3) is 4.17. The van der Waals surface area contributed by atoms with Gasteiger partial charge < -0.3 is 19.9 Å². The summed E-state index contributed by atoms with van der Waals surface area (Å²) in [4.78, 5) is 28.9. The molecule has 1 fully saturated rings. The maximum atomic E-state index is 12.8. The van der Waals surface area contributed by atoms with Crippen molar-refractivity contribution in [2.24, 2.45) is 0 Å². The first-order chi connectivity index (χ1) is 14.0. The van der Waals surface area contributed by atoms with Crippen LogP contribution in [0, 0.1) is 0 Å². The van der Waals surface area contributed by atoms with Gasteiger partial charge in [0.15, 0.2) is 5.69 Å². The summed E-state index contributed by atoms with van der Waals surface area (Å²) in [6.07, 6.45) is 3.22. The quantitative estimate of drug-likeness (QED) is 0.832. The monoisotopic (exact) mass is 417 g/mol. The van der Waals surface area contributed by atoms with Crippen LogP contribution in [0.2, 0.25) is 5.02 Å². The van der Waals surface area contributed by atoms with Crippen LogP contribution in [0.25, 0.3) is 0 Å². The van der Waals surface area contributed by atoms with E-state index in [1.807, 2.05) is 10.7 Å². The van der Waals surface area contributed by atoms with Gasteiger partial charge in [0.25, 0.3) is 5.91 Å². The smallest absolute Gasteiger partial charge is 0.322 e. The first-order valence-corrected chi connectivity index (χ1v) is 10.2. The number of nitrogens with one attached hydrogen (secondary N) is 1. The van der Waals surface area contributed by atoms with Gasteiger partial charge in [-0.2, -0.15) is 5.10 Å². The number of amides is 3. The Balaban J connectivity index is 1.35. The fraction of sp³-hybridized carbons (Fsp3) is 0.450. The molecule has 0 saturated carbocycles. The maximum Gasteiger partial charge on any atom is 0.322 e. The zero-order chi connectivity index (χ0) is 20.4. The number of carbonyl (C=O) groups excluding carboxylic acids is 2. The highest BCUT2D eigenvalue weighted by atomic mass is 35.5. The number of benzene rings is 1. The fourth-order valence-electron chi connectivity index (χ4n) is 3.77. The molecule has 154 valence electrons. The van der Waals surface area contributed by atoms with E-state index in [0.29, 0.717) is 48.3 Å². The van der Waals surface area contributed by atoms with Crippen LogP contribution in [0.1, 0.15) is 29.0 Å². The van der Waals surface area contributed by atoms with Crippen molar-refractivity contribution in [1.82, 2.24) is 19.6 Å². The average Bonchev–Trinajstić information content (AvgIpc) is 3.18. The van der Waals surface area contributed by atoms with Crippen LogP contribution < -0.4 is 10.1 Å². The predicted molar refractivity (Wildman–Crippen MR) is 110 cm³/mol. The maximum absolute atomic E-state index is 12.8. The summed E-state index contributed by atoms with van der Waals surface area (Å²) in [7, 11) is 1.54. The Kier molecular flexibility index (Phi) is 5.62. The number of piperazine rings is 1. The van der Waals surface area contributed by atoms with Crippen LogP contribution >= 0.6 is 11.6 Å². The summed E-state index contributed by atoms with van der Waals surface area (Å²) in [6, 6.07) is 6.73. The van der Waals surface area contributed by atoms with Gasteiger partial charge in [-0.3, -0.25) is 9.48 Å². The van der Waals surface area contributed by atoms with E-state index >= 15 is 0 Å². The number of aromatic nitrogens is 2. The third-order valence-electron chi connectivity index (χ3n) is 5.39. The Morgan fingerprint density at radius 2 is 1.83 bits per heavy atom. The number of urea groups is 1. The normalized spacial score (nSPS) is 16.3. The number of halogens is 1. The van der Waals surface area contributed by atoms with E-state index in [1.165, 1.54) is 7.11 Å². The van der Waals surface area contributed by atoms with Crippen molar-refractivity contribution < 1.29 is 14.3 Å². The van der Waals surface area contributed by atoms with Crippen LogP contribution in [0.4, 0.5) is 10.5 Å². The summed E-state index contributed by atoms with van der Waals surface area (Å²) in [5.41, 5.74) is 2.16. The van der Waals surface area contributed by atoms with Crippen molar-refractivity contribution in [1.29, 1.82) is 0 Å². The van der Waals surface area contributed by atoms with Crippen LogP contribution in [-0.2, 0) is 13.0 Å². The van der Waals surface area contributed by atoms with Crippen molar-refractivity contribution in [3.8, 4) is 5.75 Å². The van der Waals surface area contributed by atoms with E-state index in [-0.39, 0.29) is 11.9 Å². The molecule has 0 unspecified atom stereocenters. The van der Waals surface area contributed by atoms with Crippen molar-refractivity contribution in [2.75, 3.05) is 38.6 Å². The van der Waals surface area contributed by atoms with Crippen LogP contribution in [0.5, 0.6) is 5.75 Å². The molecule has 3 amide bonds. The number of fused-ring (bicyclic) bond motifs is 1. The van der Waals surface area contributed by atoms with Gasteiger partial charge in [0.1, 0.15) is 5.75 Å². The number of hydrogen-bond acceptors (Lipinski definition) is 4. The van der Waals surface area contributed by atoms with Crippen molar-refractivity contribution in [2.45, 2.75) is 25.8 Å². The van der Waals surface area contributed by atoms with Crippen LogP contribution in [0.3, 0.4) is 0 Å². The molecule has 1 N–H and O–H groups in total. The average molecular weight is 418 g/mol. The van der Waals surface area contributed by atoms with Gasteiger partial charge >= 0.3 is 6.03 Å². The Labute approximate surface area is 174 Å². The molecule has 1 saturated heterocycles. The number of hydrogen-bond donors (Lipinski definition) is 1. The second kappa shape index (κ2) is 8.32. The largest absolute Gasteiger partial charge is 0.495 e. The van der Waals surface area contributed by atoms with Crippen molar-refractivity contribution >= 4 is 29.2 Å². The lowest BCUT2D eigenvalue weighted by atomic mass is 10.1. The zero-order valence-corrected chi connectivity index (χ0v) is 17.1. The molecular weight excluding hydrogens is 394 g/mol. The van der Waals surface area contributed by atoms with E-state index in [1.54, 1.807) is 28.0 Å². The molecular formula is C20H24ClN5O3. The molecule has 2 aliphatic rings. The molecule has 9 heteroatoms. The first kappa shape index (κ1) is 19.6. The summed E-state index contributed by atoms with van der Waals surface area (Å²) in [6.45, 7) is 2.73. The fourth-order valence-corrected chi connectivity index (χ4v) is 3.94. The molecule has 2 aromatic rings. The minimum atomic E-state index is -0.241. The number of anilines is 1. The Hall–Kier alpha value is -2.74. The molecule has 4 rings (SSSR count). The third-order valence-corrected chi connectivity index (χ3v) is 5.63. The molecule has 0 radical (unpaired) electrons. The summed E-state index contributed by atoms with van der Waals surface area (Å²) >= 11 is 6.02. The minimum absolute atomic E-state index is 0.0662. The molecule has 0 atom stereocenters. The van der Waals surface area contributed by atoms with Gasteiger partial charge in [0, 0.05) is 43.4 Å². The SMILES string of the molecule is COc1ccc(Cl)cc1NC(=O)N1CCN(C(=O)c2cc3n(n2)CCCC3)CC1. The van der Waals surface area contributed by atoms with E-state index in [2.05, 4.69) is 10.4 Å². The Morgan fingerprint density at radius 1 is 1.07 bits per heavy atom. The van der Waals surface area contributed by atoms with Gasteiger partial charge in [-0.05, 0) is 43.5 Å². The molecule has 2 aliphatic heterocycles. The molecule has 3 heterocycles. The zero-order valence-electron chi connectivity index (χ0n) is 16.4. The summed E-state index contributed by atoms with van der Waals surface area (Å²) in [5.74, 6) is 0.476. The van der Waals surface area contributed by atoms with Gasteiger partial charge in [-0.1, -0.05) is 11.6 Å². The molecule has 1 aromatic carbocycles. The number of methoxy groups -OCH3 is 1. The molecule has 0 aliphatic carbocycles. The lowest BCUT2D eigenvalue weighted by Crippen LogP contribution is -2.51. The van der Waals surface area contributed by atoms with E-state index in [9.17, 15) is 9.59 Å². The van der Waals surface area contributed by atoms with Gasteiger partial charge in [-0.25, -0.2) is 4.79 Å². The van der Waals surface area contributed by atoms with Gasteiger partial charge in [0.05, 0.1) is 12.8 Å². The van der Waals surface area contributed by atoms with E-state index < -0.39 is 0 Å². The molecule has 0 bridgehead atoms. The number of carbonyl (C=O) groups is 2. The number of nitrogens with zero attached hydrogens (tertiary/aromatic N) is 4. The Bertz CT molecular complexity index is 897. The minimum Gasteiger partial charge on any atom is -0.495 e. The molecule has 8 nitrogen and oxygen atoms in total. The highest BCUT2D eigenvalue weighted by Gasteiger charge is 2.27. The van der Waals surface area contributed by atoms with E-state index in [4.69, 9.17) is 16.3 Å². The molecule has 29 heavy (non-hydrogen) atoms. The second-order valence-electron chi connectivity index (χ2n) is 7.26. The lowest BCUT2D eigenvalue weighted by molar-refractivity contribution is 0.0665. The molecule has 0 spiro atoms. The Morgan fingerprint density at radius 3 is 2.55 bits per heavy atom. The topological polar surface area (TPSA) is 79.7 Å². The highest BCUT2D eigenvalue weighted by Crippen LogP contribution is 2.28. The van der Waals surface area contributed by atoms with Crippen molar-refractivity contribution in [3.63, 3.8) is 0 Å².